The van der Waals surface area contributed by atoms with Crippen LogP contribution >= 0.6 is 22.6 Å². The van der Waals surface area contributed by atoms with Gasteiger partial charge >= 0.3 is 11.9 Å². The molecule has 1 unspecified atom stereocenters. The van der Waals surface area contributed by atoms with Crippen LogP contribution in [0.15, 0.2) is 42.5 Å². The minimum Gasteiger partial charge on any atom is -0.481 e. The first-order valence-electron chi connectivity index (χ1n) is 8.04. The molecule has 0 saturated carbocycles. The number of esters is 1. The van der Waals surface area contributed by atoms with E-state index < -0.39 is 23.9 Å². The normalized spacial score (nSPS) is 11.4. The number of benzene rings is 2. The average Bonchev–Trinajstić information content (AvgIpc) is 2.66. The molecule has 0 bridgehead atoms. The van der Waals surface area contributed by atoms with Gasteiger partial charge in [-0.3, -0.25) is 9.59 Å². The number of carbonyl (C=O) groups is 3. The van der Waals surface area contributed by atoms with Crippen LogP contribution in [-0.2, 0) is 9.53 Å². The van der Waals surface area contributed by atoms with Crippen molar-refractivity contribution < 1.29 is 24.2 Å². The van der Waals surface area contributed by atoms with Gasteiger partial charge in [-0.1, -0.05) is 12.1 Å². The van der Waals surface area contributed by atoms with Crippen molar-refractivity contribution in [2.24, 2.45) is 0 Å². The highest BCUT2D eigenvalue weighted by atomic mass is 127. The van der Waals surface area contributed by atoms with Crippen molar-refractivity contribution in [1.82, 2.24) is 5.32 Å². The van der Waals surface area contributed by atoms with Crippen LogP contribution < -0.4 is 10.6 Å². The maximum atomic E-state index is 12.8. The van der Waals surface area contributed by atoms with E-state index >= 15 is 0 Å². The Kier molecular flexibility index (Phi) is 7.17. The van der Waals surface area contributed by atoms with Crippen molar-refractivity contribution in [2.45, 2.75) is 12.5 Å². The monoisotopic (exact) mass is 482 g/mol. The van der Waals surface area contributed by atoms with Gasteiger partial charge < -0.3 is 20.5 Å². The summed E-state index contributed by atoms with van der Waals surface area (Å²) in [5.74, 6) is -2.01. The molecule has 2 aromatic rings. The molecule has 142 valence electrons. The predicted octanol–water partition coefficient (Wildman–Crippen LogP) is 3.07. The van der Waals surface area contributed by atoms with Crippen molar-refractivity contribution in [3.05, 3.63) is 62.7 Å². The van der Waals surface area contributed by atoms with Gasteiger partial charge in [-0.05, 0) is 58.5 Å². The number of halogens is 1. The lowest BCUT2D eigenvalue weighted by atomic mass is 10.0. The topological polar surface area (TPSA) is 105 Å². The van der Waals surface area contributed by atoms with E-state index in [2.05, 4.69) is 33.2 Å². The van der Waals surface area contributed by atoms with Gasteiger partial charge in [-0.25, -0.2) is 4.79 Å². The molecule has 0 aliphatic heterocycles. The Labute approximate surface area is 170 Å². The van der Waals surface area contributed by atoms with Crippen molar-refractivity contribution in [1.29, 1.82) is 0 Å². The first-order valence-corrected chi connectivity index (χ1v) is 9.11. The highest BCUT2D eigenvalue weighted by Crippen LogP contribution is 2.23. The zero-order chi connectivity index (χ0) is 20.0. The molecule has 3 N–H and O–H groups in total. The zero-order valence-corrected chi connectivity index (χ0v) is 16.9. The Hall–Kier alpha value is -2.62. The minimum absolute atomic E-state index is 0.282. The molecule has 0 fully saturated rings. The molecule has 0 heterocycles. The number of carboxylic acids is 1. The van der Waals surface area contributed by atoms with Crippen LogP contribution in [-0.4, -0.2) is 37.1 Å². The van der Waals surface area contributed by atoms with E-state index in [-0.39, 0.29) is 12.0 Å². The van der Waals surface area contributed by atoms with Crippen LogP contribution in [0.3, 0.4) is 0 Å². The summed E-state index contributed by atoms with van der Waals surface area (Å²) in [6.07, 6.45) is -0.324. The van der Waals surface area contributed by atoms with Gasteiger partial charge in [0.15, 0.2) is 0 Å². The summed E-state index contributed by atoms with van der Waals surface area (Å²) >= 11 is 2.10. The molecule has 7 nitrogen and oxygen atoms in total. The Balaban J connectivity index is 2.35. The van der Waals surface area contributed by atoms with Gasteiger partial charge in [-0.2, -0.15) is 0 Å². The lowest BCUT2D eigenvalue weighted by Crippen LogP contribution is -2.31. The van der Waals surface area contributed by atoms with Crippen LogP contribution in [0.4, 0.5) is 5.69 Å². The molecule has 0 saturated heterocycles. The number of amides is 1. The van der Waals surface area contributed by atoms with Gasteiger partial charge in [0.1, 0.15) is 0 Å². The number of rotatable bonds is 7. The van der Waals surface area contributed by atoms with Gasteiger partial charge in [0.25, 0.3) is 5.91 Å². The fourth-order valence-corrected chi connectivity index (χ4v) is 3.08. The maximum absolute atomic E-state index is 12.8. The quantitative estimate of drug-likeness (QED) is 0.414. The fourth-order valence-electron chi connectivity index (χ4n) is 2.59. The van der Waals surface area contributed by atoms with Crippen LogP contribution in [0.1, 0.15) is 38.7 Å². The summed E-state index contributed by atoms with van der Waals surface area (Å²) in [5, 5.41) is 14.9. The molecule has 0 aliphatic rings. The van der Waals surface area contributed by atoms with Crippen LogP contribution in [0.2, 0.25) is 0 Å². The number of carbonyl (C=O) groups excluding carboxylic acids is 2. The van der Waals surface area contributed by atoms with E-state index in [1.165, 1.54) is 13.2 Å². The molecule has 2 aromatic carbocycles. The summed E-state index contributed by atoms with van der Waals surface area (Å²) in [5.41, 5.74) is 1.82. The molecular weight excluding hydrogens is 463 g/mol. The number of methoxy groups -OCH3 is 1. The first kappa shape index (κ1) is 20.7. The standard InChI is InChI=1S/C19H19IN2O5/c1-21-15-7-6-13(20)9-14(15)18(25)22-16(10-17(23)24)11-4-3-5-12(8-11)19(26)27-2/h3-9,16,21H,10H2,1-2H3,(H,22,25)(H,23,24). The van der Waals surface area contributed by atoms with Crippen LogP contribution in [0.5, 0.6) is 0 Å². The third-order valence-electron chi connectivity index (χ3n) is 3.89. The lowest BCUT2D eigenvalue weighted by molar-refractivity contribution is -0.137. The summed E-state index contributed by atoms with van der Waals surface area (Å²) in [4.78, 5) is 35.8. The Morgan fingerprint density at radius 1 is 1.19 bits per heavy atom. The van der Waals surface area contributed by atoms with E-state index in [9.17, 15) is 19.5 Å². The second-order valence-corrected chi connectivity index (χ2v) is 6.93. The molecule has 1 amide bonds. The van der Waals surface area contributed by atoms with Gasteiger partial charge in [0.05, 0.1) is 30.7 Å². The number of carboxylic acid groups (broad SMARTS) is 1. The van der Waals surface area contributed by atoms with Crippen molar-refractivity contribution >= 4 is 46.1 Å². The van der Waals surface area contributed by atoms with Crippen LogP contribution in [0.25, 0.3) is 0 Å². The van der Waals surface area contributed by atoms with E-state index in [1.54, 1.807) is 37.4 Å². The van der Waals surface area contributed by atoms with E-state index in [0.717, 1.165) is 3.57 Å². The zero-order valence-electron chi connectivity index (χ0n) is 14.8. The summed E-state index contributed by atoms with van der Waals surface area (Å²) < 4.78 is 5.57. The predicted molar refractivity (Wildman–Crippen MR) is 109 cm³/mol. The molecule has 8 heteroatoms. The summed E-state index contributed by atoms with van der Waals surface area (Å²) in [6.45, 7) is 0. The van der Waals surface area contributed by atoms with Crippen LogP contribution in [0, 0.1) is 3.57 Å². The highest BCUT2D eigenvalue weighted by Gasteiger charge is 2.21. The second-order valence-electron chi connectivity index (χ2n) is 5.68. The van der Waals surface area contributed by atoms with E-state index in [1.807, 2.05) is 6.07 Å². The number of nitrogens with one attached hydrogen (secondary N) is 2. The highest BCUT2D eigenvalue weighted by molar-refractivity contribution is 14.1. The number of anilines is 1. The molecule has 0 radical (unpaired) electrons. The molecule has 27 heavy (non-hydrogen) atoms. The molecule has 1 atom stereocenters. The SMILES string of the molecule is CNc1ccc(I)cc1C(=O)NC(CC(=O)O)c1cccc(C(=O)OC)c1. The molecule has 2 rings (SSSR count). The number of aliphatic carboxylic acids is 1. The lowest BCUT2D eigenvalue weighted by Gasteiger charge is -2.19. The Morgan fingerprint density at radius 2 is 1.93 bits per heavy atom. The fraction of sp³-hybridized carbons (Fsp3) is 0.211. The molecule has 0 spiro atoms. The number of ether oxygens (including phenoxy) is 1. The van der Waals surface area contributed by atoms with E-state index in [4.69, 9.17) is 4.74 Å². The third-order valence-corrected chi connectivity index (χ3v) is 4.56. The second kappa shape index (κ2) is 9.36. The van der Waals surface area contributed by atoms with Crippen molar-refractivity contribution in [3.63, 3.8) is 0 Å². The van der Waals surface area contributed by atoms with E-state index in [0.29, 0.717) is 16.8 Å². The van der Waals surface area contributed by atoms with Gasteiger partial charge in [0.2, 0.25) is 0 Å². The summed E-state index contributed by atoms with van der Waals surface area (Å²) in [6, 6.07) is 10.9. The Morgan fingerprint density at radius 3 is 2.56 bits per heavy atom. The smallest absolute Gasteiger partial charge is 0.337 e. The molecular formula is C19H19IN2O5. The molecule has 0 aromatic heterocycles. The number of hydrogen-bond acceptors (Lipinski definition) is 5. The Bertz CT molecular complexity index is 869. The molecule has 0 aliphatic carbocycles. The van der Waals surface area contributed by atoms with Gasteiger partial charge in [-0.15, -0.1) is 0 Å². The summed E-state index contributed by atoms with van der Waals surface area (Å²) in [7, 11) is 2.97. The average molecular weight is 482 g/mol. The van der Waals surface area contributed by atoms with Crippen molar-refractivity contribution in [3.8, 4) is 0 Å². The van der Waals surface area contributed by atoms with Gasteiger partial charge in [0, 0.05) is 16.3 Å². The number of hydrogen-bond donors (Lipinski definition) is 3. The largest absolute Gasteiger partial charge is 0.481 e. The maximum Gasteiger partial charge on any atom is 0.337 e. The minimum atomic E-state index is -1.07. The first-order chi connectivity index (χ1) is 12.8. The van der Waals surface area contributed by atoms with Crippen molar-refractivity contribution in [2.75, 3.05) is 19.5 Å². The third kappa shape index (κ3) is 5.43.